The molecule has 1 saturated heterocycles. The molecule has 6 nitrogen and oxygen atoms in total. The van der Waals surface area contributed by atoms with E-state index in [0.29, 0.717) is 6.54 Å². The molecule has 1 amide bonds. The Bertz CT molecular complexity index is 777. The lowest BCUT2D eigenvalue weighted by molar-refractivity contribution is -0.125. The van der Waals surface area contributed by atoms with Gasteiger partial charge in [0.2, 0.25) is 0 Å². The number of pyridine rings is 1. The molecule has 128 valence electrons. The van der Waals surface area contributed by atoms with Crippen molar-refractivity contribution in [2.24, 2.45) is 5.73 Å². The van der Waals surface area contributed by atoms with Crippen LogP contribution in [0.2, 0.25) is 0 Å². The molecule has 0 aliphatic carbocycles. The second-order valence-corrected chi connectivity index (χ2v) is 7.04. The predicted octanol–water partition coefficient (Wildman–Crippen LogP) is 1.94. The number of aromatic amines is 1. The van der Waals surface area contributed by atoms with Gasteiger partial charge < -0.3 is 20.5 Å². The molecular weight excluding hydrogens is 346 g/mol. The van der Waals surface area contributed by atoms with Gasteiger partial charge in [0.25, 0.3) is 5.91 Å². The molecule has 3 N–H and O–H groups in total. The number of hydrogen-bond donors (Lipinski definition) is 2. The molecule has 2 aromatic heterocycles. The van der Waals surface area contributed by atoms with Gasteiger partial charge in [-0.1, -0.05) is 0 Å². The maximum absolute atomic E-state index is 12.7. The Kier molecular flexibility index (Phi) is 5.03. The smallest absolute Gasteiger partial charge is 0.261 e. The highest BCUT2D eigenvalue weighted by Crippen LogP contribution is 2.31. The molecular formula is C16H20ClN5OS. The first-order valence-electron chi connectivity index (χ1n) is 7.80. The van der Waals surface area contributed by atoms with Crippen molar-refractivity contribution < 1.29 is 4.79 Å². The molecule has 0 bridgehead atoms. The van der Waals surface area contributed by atoms with E-state index in [1.54, 1.807) is 18.0 Å². The third-order valence-electron chi connectivity index (χ3n) is 4.33. The minimum atomic E-state index is 0. The normalized spacial score (nSPS) is 20.9. The zero-order valence-corrected chi connectivity index (χ0v) is 14.8. The number of hydrogen-bond acceptors (Lipinski definition) is 5. The van der Waals surface area contributed by atoms with Gasteiger partial charge in [-0.2, -0.15) is 0 Å². The van der Waals surface area contributed by atoms with Crippen molar-refractivity contribution in [1.29, 1.82) is 0 Å². The van der Waals surface area contributed by atoms with Gasteiger partial charge in [-0.3, -0.25) is 4.79 Å². The number of anilines is 1. The summed E-state index contributed by atoms with van der Waals surface area (Å²) in [5.41, 5.74) is 7.87. The number of nitrogens with one attached hydrogen (secondary N) is 1. The van der Waals surface area contributed by atoms with Gasteiger partial charge in [0.05, 0.1) is 10.6 Å². The topological polar surface area (TPSA) is 78.2 Å². The fourth-order valence-electron chi connectivity index (χ4n) is 3.13. The molecule has 0 spiro atoms. The lowest BCUT2D eigenvalue weighted by Crippen LogP contribution is -2.34. The van der Waals surface area contributed by atoms with Crippen molar-refractivity contribution in [3.63, 3.8) is 0 Å². The minimum Gasteiger partial charge on any atom is -0.346 e. The highest BCUT2D eigenvalue weighted by atomic mass is 35.5. The Labute approximate surface area is 150 Å². The maximum Gasteiger partial charge on any atom is 0.261 e. The first kappa shape index (κ1) is 17.1. The monoisotopic (exact) mass is 365 g/mol. The number of aromatic nitrogens is 2. The van der Waals surface area contributed by atoms with Crippen molar-refractivity contribution in [3.8, 4) is 0 Å². The Morgan fingerprint density at radius 2 is 2.25 bits per heavy atom. The molecule has 1 atom stereocenters. The molecule has 0 aromatic carbocycles. The molecule has 24 heavy (non-hydrogen) atoms. The number of halogens is 1. The molecule has 0 saturated carbocycles. The van der Waals surface area contributed by atoms with Crippen molar-refractivity contribution in [2.75, 3.05) is 30.3 Å². The van der Waals surface area contributed by atoms with Crippen LogP contribution in [0.15, 0.2) is 35.6 Å². The second-order valence-electron chi connectivity index (χ2n) is 5.91. The fourth-order valence-corrected chi connectivity index (χ4v) is 4.09. The van der Waals surface area contributed by atoms with Crippen LogP contribution in [-0.4, -0.2) is 52.2 Å². The zero-order chi connectivity index (χ0) is 15.8. The lowest BCUT2D eigenvalue weighted by atomic mass is 10.2. The summed E-state index contributed by atoms with van der Waals surface area (Å²) in [6.45, 7) is 2.30. The lowest BCUT2D eigenvalue weighted by Gasteiger charge is -2.28. The SMILES string of the molecule is Cl.N[C@@H]1CCN(C(=O)C2=CN(c3ccnc4[nH]ccc34)CCS2)C1. The summed E-state index contributed by atoms with van der Waals surface area (Å²) < 4.78 is 0. The van der Waals surface area contributed by atoms with Gasteiger partial charge in [0.15, 0.2) is 0 Å². The number of nitrogens with zero attached hydrogens (tertiary/aromatic N) is 3. The highest BCUT2D eigenvalue weighted by molar-refractivity contribution is 8.04. The van der Waals surface area contributed by atoms with Crippen molar-refractivity contribution in [1.82, 2.24) is 14.9 Å². The predicted molar refractivity (Wildman–Crippen MR) is 100 cm³/mol. The minimum absolute atomic E-state index is 0. The molecule has 0 radical (unpaired) electrons. The number of likely N-dealkylation sites (tertiary alicyclic amines) is 1. The fraction of sp³-hybridized carbons (Fsp3) is 0.375. The summed E-state index contributed by atoms with van der Waals surface area (Å²) >= 11 is 1.63. The Balaban J connectivity index is 0.00000169. The summed E-state index contributed by atoms with van der Waals surface area (Å²) in [6.07, 6.45) is 6.55. The van der Waals surface area contributed by atoms with Crippen molar-refractivity contribution in [2.45, 2.75) is 12.5 Å². The number of thioether (sulfide) groups is 1. The molecule has 0 unspecified atom stereocenters. The summed E-state index contributed by atoms with van der Waals surface area (Å²) in [6, 6.07) is 4.13. The van der Waals surface area contributed by atoms with Crippen molar-refractivity contribution >= 4 is 46.8 Å². The number of H-pyrrole nitrogens is 1. The first-order chi connectivity index (χ1) is 11.2. The Hall–Kier alpha value is -1.70. The summed E-state index contributed by atoms with van der Waals surface area (Å²) in [5.74, 6) is 0.998. The summed E-state index contributed by atoms with van der Waals surface area (Å²) in [7, 11) is 0. The van der Waals surface area contributed by atoms with E-state index in [9.17, 15) is 4.79 Å². The van der Waals surface area contributed by atoms with Crippen molar-refractivity contribution in [3.05, 3.63) is 35.6 Å². The van der Waals surface area contributed by atoms with Gasteiger partial charge in [-0.15, -0.1) is 24.2 Å². The van der Waals surface area contributed by atoms with Crippen LogP contribution in [-0.2, 0) is 4.79 Å². The quantitative estimate of drug-likeness (QED) is 0.850. The van der Waals surface area contributed by atoms with E-state index in [-0.39, 0.29) is 24.4 Å². The van der Waals surface area contributed by atoms with Crippen LogP contribution in [0.5, 0.6) is 0 Å². The van der Waals surface area contributed by atoms with E-state index in [1.165, 1.54) is 0 Å². The van der Waals surface area contributed by atoms with Gasteiger partial charge in [-0.25, -0.2) is 4.98 Å². The third kappa shape index (κ3) is 3.11. The van der Waals surface area contributed by atoms with E-state index in [2.05, 4.69) is 14.9 Å². The van der Waals surface area contributed by atoms with Crippen LogP contribution in [0.3, 0.4) is 0 Å². The molecule has 2 aliphatic rings. The number of carbonyl (C=O) groups is 1. The molecule has 8 heteroatoms. The van der Waals surface area contributed by atoms with E-state index >= 15 is 0 Å². The Morgan fingerprint density at radius 1 is 1.38 bits per heavy atom. The van der Waals surface area contributed by atoms with Crippen LogP contribution in [0.1, 0.15) is 6.42 Å². The number of carbonyl (C=O) groups excluding carboxylic acids is 1. The molecule has 4 heterocycles. The van der Waals surface area contributed by atoms with Gasteiger partial charge >= 0.3 is 0 Å². The van der Waals surface area contributed by atoms with Gasteiger partial charge in [-0.05, 0) is 18.6 Å². The van der Waals surface area contributed by atoms with Gasteiger partial charge in [0, 0.05) is 55.4 Å². The van der Waals surface area contributed by atoms with Gasteiger partial charge in [0.1, 0.15) is 5.65 Å². The zero-order valence-electron chi connectivity index (χ0n) is 13.1. The van der Waals surface area contributed by atoms with Crippen LogP contribution < -0.4 is 10.6 Å². The number of rotatable bonds is 2. The average molecular weight is 366 g/mol. The summed E-state index contributed by atoms with van der Waals surface area (Å²) in [5, 5.41) is 1.07. The number of fused-ring (bicyclic) bond motifs is 1. The number of amides is 1. The molecule has 1 fully saturated rings. The third-order valence-corrected chi connectivity index (χ3v) is 5.31. The summed E-state index contributed by atoms with van der Waals surface area (Å²) in [4.78, 5) is 24.9. The largest absolute Gasteiger partial charge is 0.346 e. The standard InChI is InChI=1S/C16H19N5OS.ClH/c17-11-3-6-21(9-11)16(22)14-10-20(7-8-23-14)13-2-5-19-15-12(13)1-4-18-15;/h1-2,4-5,10-11H,3,6-9,17H2,(H,18,19);1H/t11-;/m1./s1. The average Bonchev–Trinajstić information content (AvgIpc) is 3.22. The first-order valence-corrected chi connectivity index (χ1v) is 8.79. The van der Waals surface area contributed by atoms with E-state index < -0.39 is 0 Å². The highest BCUT2D eigenvalue weighted by Gasteiger charge is 2.28. The van der Waals surface area contributed by atoms with E-state index in [4.69, 9.17) is 5.73 Å². The molecule has 2 aromatic rings. The number of nitrogens with two attached hydrogens (primary N) is 1. The van der Waals surface area contributed by atoms with Crippen LogP contribution >= 0.6 is 24.2 Å². The van der Waals surface area contributed by atoms with E-state index in [0.717, 1.165) is 46.9 Å². The van der Waals surface area contributed by atoms with E-state index in [1.807, 2.05) is 29.4 Å². The van der Waals surface area contributed by atoms with Crippen LogP contribution in [0.4, 0.5) is 5.69 Å². The molecule has 4 rings (SSSR count). The molecule has 2 aliphatic heterocycles. The second kappa shape index (κ2) is 7.04. The van der Waals surface area contributed by atoms with Crippen LogP contribution in [0.25, 0.3) is 11.0 Å². The van der Waals surface area contributed by atoms with Crippen LogP contribution in [0, 0.1) is 0 Å². The maximum atomic E-state index is 12.7. The Morgan fingerprint density at radius 3 is 3.04 bits per heavy atom.